The zero-order chi connectivity index (χ0) is 38.5. The molecule has 0 unspecified atom stereocenters. The largest absolute Gasteiger partial charge is 0.478 e. The van der Waals surface area contributed by atoms with Crippen LogP contribution >= 0.6 is 0 Å². The third-order valence-corrected chi connectivity index (χ3v) is 10.4. The van der Waals surface area contributed by atoms with E-state index in [1.54, 1.807) is 34.0 Å². The maximum atomic E-state index is 14.4. The number of ether oxygens (including phenoxy) is 2. The molecular weight excluding hydrogens is 715 g/mol. The minimum Gasteiger partial charge on any atom is -0.478 e. The number of carbonyl (C=O) groups is 3. The topological polar surface area (TPSA) is 132 Å². The van der Waals surface area contributed by atoms with Gasteiger partial charge in [-0.05, 0) is 48.4 Å². The molecule has 0 radical (unpaired) electrons. The van der Waals surface area contributed by atoms with E-state index in [0.717, 1.165) is 17.7 Å². The molecule has 7 rings (SSSR count). The zero-order valence-corrected chi connectivity index (χ0v) is 30.0. The molecule has 0 aliphatic carbocycles. The summed E-state index contributed by atoms with van der Waals surface area (Å²) in [4.78, 5) is 49.1. The summed E-state index contributed by atoms with van der Waals surface area (Å²) in [5.41, 5.74) is 1.15. The van der Waals surface area contributed by atoms with E-state index in [-0.39, 0.29) is 92.0 Å². The van der Waals surface area contributed by atoms with E-state index in [4.69, 9.17) is 15.9 Å². The van der Waals surface area contributed by atoms with Crippen LogP contribution in [-0.4, -0.2) is 92.4 Å². The van der Waals surface area contributed by atoms with Crippen molar-refractivity contribution in [2.75, 3.05) is 32.8 Å². The van der Waals surface area contributed by atoms with Crippen molar-refractivity contribution >= 4 is 17.7 Å². The fraction of sp³-hybridized carbons (Fsp3) is 0.400. The van der Waals surface area contributed by atoms with E-state index < -0.39 is 29.8 Å². The van der Waals surface area contributed by atoms with Crippen molar-refractivity contribution in [1.82, 2.24) is 35.1 Å². The number of nitrogens with zero attached hydrogens (tertiary/aromatic N) is 6. The second-order valence-corrected chi connectivity index (χ2v) is 14.1. The molecule has 3 aliphatic rings. The summed E-state index contributed by atoms with van der Waals surface area (Å²) >= 11 is 0. The molecule has 15 heteroatoms. The van der Waals surface area contributed by atoms with E-state index in [2.05, 4.69) is 26.5 Å². The lowest BCUT2D eigenvalue weighted by Crippen LogP contribution is -2.52. The first-order chi connectivity index (χ1) is 26.5. The normalized spacial score (nSPS) is 21.4. The third-order valence-electron chi connectivity index (χ3n) is 10.4. The summed E-state index contributed by atoms with van der Waals surface area (Å²) in [5.74, 6) is 0.845. The molecule has 2 fully saturated rings. The number of piperidine rings is 1. The first kappa shape index (κ1) is 37.6. The summed E-state index contributed by atoms with van der Waals surface area (Å²) in [6.45, 7) is 1.45. The number of terminal acetylenes is 1. The molecule has 4 atom stereocenters. The fourth-order valence-corrected chi connectivity index (χ4v) is 7.56. The summed E-state index contributed by atoms with van der Waals surface area (Å²) in [5, 5.41) is 11.1. The predicted molar refractivity (Wildman–Crippen MR) is 193 cm³/mol. The molecule has 6 bridgehead atoms. The molecule has 5 heterocycles. The van der Waals surface area contributed by atoms with E-state index in [0.29, 0.717) is 31.6 Å². The Morgan fingerprint density at radius 2 is 1.85 bits per heavy atom. The average Bonchev–Trinajstić information content (AvgIpc) is 3.83. The maximum Gasteiger partial charge on any atom is 0.416 e. The number of alkyl halides is 3. The lowest BCUT2D eigenvalue weighted by atomic mass is 9.81. The van der Waals surface area contributed by atoms with Crippen molar-refractivity contribution < 1.29 is 37.0 Å². The van der Waals surface area contributed by atoms with Crippen LogP contribution in [0.4, 0.5) is 13.2 Å². The molecule has 286 valence electrons. The van der Waals surface area contributed by atoms with Gasteiger partial charge >= 0.3 is 6.18 Å². The Hall–Kier alpha value is -5.75. The SMILES string of the molecule is C#CCNC(=O)C[C@@H]1CCN2C[C@@H]1CCOc1cc(C(F)(F)F)cc(n1)-c1cccc(c1)C(=O)N1C[C@H](OCc3cn(Cc4ccccc4)nn3)C[C@H]1C2=O. The molecule has 2 aromatic carbocycles. The van der Waals surface area contributed by atoms with Gasteiger partial charge in [-0.25, -0.2) is 9.67 Å². The number of carbonyl (C=O) groups excluding carboxylic acids is 3. The molecule has 3 amide bonds. The van der Waals surface area contributed by atoms with Crippen molar-refractivity contribution in [1.29, 1.82) is 0 Å². The summed E-state index contributed by atoms with van der Waals surface area (Å²) in [6.07, 6.45) is 3.13. The molecular formula is C40H40F3N7O5. The number of rotatable bonds is 8. The van der Waals surface area contributed by atoms with E-state index in [9.17, 15) is 27.6 Å². The highest BCUT2D eigenvalue weighted by Crippen LogP contribution is 2.36. The van der Waals surface area contributed by atoms with Gasteiger partial charge in [0.05, 0.1) is 49.9 Å². The fourth-order valence-electron chi connectivity index (χ4n) is 7.56. The van der Waals surface area contributed by atoms with Crippen molar-refractivity contribution in [3.63, 3.8) is 0 Å². The number of halogens is 3. The van der Waals surface area contributed by atoms with E-state index in [1.807, 2.05) is 30.3 Å². The second-order valence-electron chi connectivity index (χ2n) is 14.1. The van der Waals surface area contributed by atoms with Crippen LogP contribution in [0.1, 0.15) is 52.9 Å². The summed E-state index contributed by atoms with van der Waals surface area (Å²) < 4.78 is 56.1. The number of amides is 3. The highest BCUT2D eigenvalue weighted by atomic mass is 19.4. The molecule has 2 saturated heterocycles. The van der Waals surface area contributed by atoms with Gasteiger partial charge in [0.1, 0.15) is 11.7 Å². The van der Waals surface area contributed by atoms with Gasteiger partial charge in [0.25, 0.3) is 5.91 Å². The Bertz CT molecular complexity index is 2070. The highest BCUT2D eigenvalue weighted by Gasteiger charge is 2.44. The van der Waals surface area contributed by atoms with E-state index in [1.165, 1.54) is 11.0 Å². The first-order valence-electron chi connectivity index (χ1n) is 18.2. The highest BCUT2D eigenvalue weighted by molar-refractivity contribution is 5.99. The molecule has 2 aromatic heterocycles. The maximum absolute atomic E-state index is 14.4. The molecule has 12 nitrogen and oxygen atoms in total. The molecule has 0 saturated carbocycles. The molecule has 55 heavy (non-hydrogen) atoms. The monoisotopic (exact) mass is 755 g/mol. The Labute approximate surface area is 316 Å². The molecule has 3 aliphatic heterocycles. The van der Waals surface area contributed by atoms with Crippen molar-refractivity contribution in [3.05, 3.63) is 95.3 Å². The van der Waals surface area contributed by atoms with E-state index >= 15 is 0 Å². The molecule has 1 N–H and O–H groups in total. The van der Waals surface area contributed by atoms with Crippen LogP contribution in [-0.2, 0) is 33.7 Å². The first-order valence-corrected chi connectivity index (χ1v) is 18.2. The van der Waals surface area contributed by atoms with Crippen LogP contribution in [0.5, 0.6) is 5.88 Å². The average molecular weight is 756 g/mol. The summed E-state index contributed by atoms with van der Waals surface area (Å²) in [6, 6.07) is 16.9. The van der Waals surface area contributed by atoms with Gasteiger partial charge < -0.3 is 24.6 Å². The van der Waals surface area contributed by atoms with Gasteiger partial charge in [-0.15, -0.1) is 11.5 Å². The van der Waals surface area contributed by atoms with Gasteiger partial charge in [-0.1, -0.05) is 53.6 Å². The Morgan fingerprint density at radius 1 is 1.04 bits per heavy atom. The quantitative estimate of drug-likeness (QED) is 0.259. The Morgan fingerprint density at radius 3 is 2.65 bits per heavy atom. The lowest BCUT2D eigenvalue weighted by molar-refractivity contribution is -0.139. The Kier molecular flexibility index (Phi) is 11.1. The van der Waals surface area contributed by atoms with Gasteiger partial charge in [0.15, 0.2) is 0 Å². The zero-order valence-electron chi connectivity index (χ0n) is 30.0. The lowest BCUT2D eigenvalue weighted by Gasteiger charge is -2.40. The van der Waals surface area contributed by atoms with Crippen LogP contribution in [0.25, 0.3) is 11.3 Å². The predicted octanol–water partition coefficient (Wildman–Crippen LogP) is 4.59. The van der Waals surface area contributed by atoms with Gasteiger partial charge in [0.2, 0.25) is 17.7 Å². The standard InChI is InChI=1S/C40H40F3N7O5/c1-2-13-44-36(51)17-27-11-14-48-22-30(27)12-15-54-37-19-31(40(41,42)43)18-34(45-37)28-9-6-10-29(16-28)38(52)50-24-33(20-35(50)39(48)53)55-25-32-23-49(47-46-32)21-26-7-4-3-5-8-26/h1,3-10,16,18-19,23,27,30,33,35H,11-15,17,20-22,24-25H2,(H,44,51)/t27-,30-,33+,35-/m0/s1. The smallest absolute Gasteiger partial charge is 0.416 e. The number of benzene rings is 2. The van der Waals surface area contributed by atoms with Crippen molar-refractivity contribution in [2.24, 2.45) is 11.8 Å². The number of hydrogen-bond donors (Lipinski definition) is 1. The minimum absolute atomic E-state index is 0.00286. The number of aromatic nitrogens is 4. The summed E-state index contributed by atoms with van der Waals surface area (Å²) in [7, 11) is 0. The van der Waals surface area contributed by atoms with Gasteiger partial charge in [-0.3, -0.25) is 14.4 Å². The minimum atomic E-state index is -4.68. The number of fused-ring (bicyclic) bond motifs is 8. The second kappa shape index (κ2) is 16.3. The van der Waals surface area contributed by atoms with Crippen molar-refractivity contribution in [2.45, 2.75) is 57.2 Å². The van der Waals surface area contributed by atoms with Crippen LogP contribution in [0.3, 0.4) is 0 Å². The van der Waals surface area contributed by atoms with Crippen LogP contribution in [0.15, 0.2) is 72.9 Å². The number of hydrogen-bond acceptors (Lipinski definition) is 8. The number of nitrogens with one attached hydrogen (secondary N) is 1. The van der Waals surface area contributed by atoms with Crippen LogP contribution in [0, 0.1) is 24.2 Å². The van der Waals surface area contributed by atoms with Crippen LogP contribution < -0.4 is 10.1 Å². The van der Waals surface area contributed by atoms with Crippen LogP contribution in [0.2, 0.25) is 0 Å². The molecule has 0 spiro atoms. The molecule has 4 aromatic rings. The van der Waals surface area contributed by atoms with Crippen molar-refractivity contribution in [3.8, 4) is 29.5 Å². The Balaban J connectivity index is 1.17. The van der Waals surface area contributed by atoms with Gasteiger partial charge in [0, 0.05) is 49.7 Å². The van der Waals surface area contributed by atoms with Gasteiger partial charge in [-0.2, -0.15) is 13.2 Å². The number of pyridine rings is 1. The third kappa shape index (κ3) is 8.97.